The van der Waals surface area contributed by atoms with Gasteiger partial charge in [-0.25, -0.2) is 0 Å². The Bertz CT molecular complexity index is 186. The zero-order chi connectivity index (χ0) is 8.65. The first-order valence-electron chi connectivity index (χ1n) is 4.21. The molecule has 0 fully saturated rings. The maximum Gasteiger partial charge on any atom is 0.0235 e. The molecular formula is C9H14ClNS. The molecular weight excluding hydrogens is 190 g/mol. The number of hydrogen-bond acceptors (Lipinski definition) is 2. The smallest absolute Gasteiger partial charge is 0.0235 e. The molecule has 0 saturated heterocycles. The molecule has 0 aromatic carbocycles. The normalized spacial score (nSPS) is 10.4. The largest absolute Gasteiger partial charge is 0.316 e. The Balaban J connectivity index is 1.96. The van der Waals surface area contributed by atoms with Gasteiger partial charge in [0.05, 0.1) is 0 Å². The van der Waals surface area contributed by atoms with Gasteiger partial charge in [-0.15, -0.1) is 11.6 Å². The molecule has 0 unspecified atom stereocenters. The fraction of sp³-hybridized carbons (Fsp3) is 0.556. The Labute approximate surface area is 82.7 Å². The van der Waals surface area contributed by atoms with Gasteiger partial charge in [-0.2, -0.15) is 11.3 Å². The molecule has 0 spiro atoms. The molecule has 0 aliphatic carbocycles. The Morgan fingerprint density at radius 2 is 2.33 bits per heavy atom. The molecule has 0 atom stereocenters. The lowest BCUT2D eigenvalue weighted by Crippen LogP contribution is -2.18. The van der Waals surface area contributed by atoms with Crippen molar-refractivity contribution in [2.24, 2.45) is 0 Å². The summed E-state index contributed by atoms with van der Waals surface area (Å²) in [6.45, 7) is 2.10. The number of nitrogens with one attached hydrogen (secondary N) is 1. The summed E-state index contributed by atoms with van der Waals surface area (Å²) in [7, 11) is 0. The van der Waals surface area contributed by atoms with Gasteiger partial charge in [0.2, 0.25) is 0 Å². The van der Waals surface area contributed by atoms with Gasteiger partial charge in [-0.05, 0) is 48.3 Å². The first kappa shape index (κ1) is 10.0. The molecule has 0 saturated carbocycles. The number of rotatable bonds is 6. The third-order valence-electron chi connectivity index (χ3n) is 1.66. The van der Waals surface area contributed by atoms with Crippen molar-refractivity contribution >= 4 is 22.9 Å². The predicted molar refractivity (Wildman–Crippen MR) is 56.2 cm³/mol. The summed E-state index contributed by atoms with van der Waals surface area (Å²) >= 11 is 7.30. The van der Waals surface area contributed by atoms with Crippen LogP contribution < -0.4 is 5.32 Å². The van der Waals surface area contributed by atoms with Crippen molar-refractivity contribution in [1.29, 1.82) is 0 Å². The van der Waals surface area contributed by atoms with Gasteiger partial charge in [0.15, 0.2) is 0 Å². The van der Waals surface area contributed by atoms with Crippen LogP contribution in [0.25, 0.3) is 0 Å². The highest BCUT2D eigenvalue weighted by Gasteiger charge is 1.91. The van der Waals surface area contributed by atoms with E-state index in [2.05, 4.69) is 22.1 Å². The summed E-state index contributed by atoms with van der Waals surface area (Å²) in [5.74, 6) is 0.755. The first-order chi connectivity index (χ1) is 5.93. The second-order valence-corrected chi connectivity index (χ2v) is 3.83. The van der Waals surface area contributed by atoms with E-state index in [1.165, 1.54) is 5.56 Å². The van der Waals surface area contributed by atoms with Crippen molar-refractivity contribution in [3.8, 4) is 0 Å². The molecule has 1 rings (SSSR count). The zero-order valence-corrected chi connectivity index (χ0v) is 8.63. The van der Waals surface area contributed by atoms with Crippen LogP contribution in [-0.2, 0) is 6.42 Å². The quantitative estimate of drug-likeness (QED) is 0.554. The van der Waals surface area contributed by atoms with E-state index >= 15 is 0 Å². The van der Waals surface area contributed by atoms with E-state index in [0.717, 1.165) is 31.8 Å². The minimum Gasteiger partial charge on any atom is -0.316 e. The molecule has 1 N–H and O–H groups in total. The fourth-order valence-corrected chi connectivity index (χ4v) is 1.82. The van der Waals surface area contributed by atoms with E-state index in [0.29, 0.717) is 0 Å². The molecule has 68 valence electrons. The third-order valence-corrected chi connectivity index (χ3v) is 2.66. The Hall–Kier alpha value is -0.0500. The third kappa shape index (κ3) is 4.10. The highest BCUT2D eigenvalue weighted by atomic mass is 35.5. The van der Waals surface area contributed by atoms with E-state index in [1.54, 1.807) is 11.3 Å². The van der Waals surface area contributed by atoms with Crippen molar-refractivity contribution in [3.05, 3.63) is 22.4 Å². The van der Waals surface area contributed by atoms with Gasteiger partial charge < -0.3 is 5.32 Å². The summed E-state index contributed by atoms with van der Waals surface area (Å²) < 4.78 is 0. The summed E-state index contributed by atoms with van der Waals surface area (Å²) in [4.78, 5) is 0. The second-order valence-electron chi connectivity index (χ2n) is 2.67. The SMILES string of the molecule is ClCCCNCCc1ccsc1. The monoisotopic (exact) mass is 203 g/mol. The zero-order valence-electron chi connectivity index (χ0n) is 7.05. The standard InChI is InChI=1S/C9H14ClNS/c10-4-1-5-11-6-2-9-3-7-12-8-9/h3,7-8,11H,1-2,4-6H2. The van der Waals surface area contributed by atoms with Crippen molar-refractivity contribution < 1.29 is 0 Å². The van der Waals surface area contributed by atoms with E-state index in [-0.39, 0.29) is 0 Å². The van der Waals surface area contributed by atoms with Crippen molar-refractivity contribution in [2.75, 3.05) is 19.0 Å². The lowest BCUT2D eigenvalue weighted by atomic mass is 10.2. The van der Waals surface area contributed by atoms with Crippen LogP contribution in [0, 0.1) is 0 Å². The molecule has 1 aromatic rings. The molecule has 0 bridgehead atoms. The first-order valence-corrected chi connectivity index (χ1v) is 5.69. The van der Waals surface area contributed by atoms with Crippen LogP contribution in [0.3, 0.4) is 0 Å². The Morgan fingerprint density at radius 1 is 1.42 bits per heavy atom. The summed E-state index contributed by atoms with van der Waals surface area (Å²) in [5.41, 5.74) is 1.43. The van der Waals surface area contributed by atoms with Crippen LogP contribution >= 0.6 is 22.9 Å². The molecule has 1 aromatic heterocycles. The van der Waals surface area contributed by atoms with E-state index in [1.807, 2.05) is 0 Å². The van der Waals surface area contributed by atoms with E-state index < -0.39 is 0 Å². The van der Waals surface area contributed by atoms with E-state index in [9.17, 15) is 0 Å². The van der Waals surface area contributed by atoms with Gasteiger partial charge in [0.1, 0.15) is 0 Å². The molecule has 0 amide bonds. The van der Waals surface area contributed by atoms with Gasteiger partial charge in [-0.1, -0.05) is 0 Å². The molecule has 1 heterocycles. The van der Waals surface area contributed by atoms with Crippen molar-refractivity contribution in [1.82, 2.24) is 5.32 Å². The summed E-state index contributed by atoms with van der Waals surface area (Å²) in [5, 5.41) is 7.66. The van der Waals surface area contributed by atoms with Crippen LogP contribution in [0.5, 0.6) is 0 Å². The number of thiophene rings is 1. The predicted octanol–water partition coefficient (Wildman–Crippen LogP) is 2.51. The molecule has 0 aliphatic heterocycles. The average molecular weight is 204 g/mol. The number of hydrogen-bond donors (Lipinski definition) is 1. The maximum atomic E-state index is 5.54. The number of halogens is 1. The number of alkyl halides is 1. The van der Waals surface area contributed by atoms with Crippen LogP contribution in [0.2, 0.25) is 0 Å². The lowest BCUT2D eigenvalue weighted by molar-refractivity contribution is 0.674. The van der Waals surface area contributed by atoms with Gasteiger partial charge in [-0.3, -0.25) is 0 Å². The van der Waals surface area contributed by atoms with Gasteiger partial charge in [0.25, 0.3) is 0 Å². The summed E-state index contributed by atoms with van der Waals surface area (Å²) in [6, 6.07) is 2.17. The lowest BCUT2D eigenvalue weighted by Gasteiger charge is -2.00. The topological polar surface area (TPSA) is 12.0 Å². The maximum absolute atomic E-state index is 5.54. The fourth-order valence-electron chi connectivity index (χ4n) is 0.984. The molecule has 1 nitrogen and oxygen atoms in total. The highest BCUT2D eigenvalue weighted by Crippen LogP contribution is 2.05. The Kier molecular flexibility index (Phi) is 5.41. The molecule has 0 aliphatic rings. The van der Waals surface area contributed by atoms with Gasteiger partial charge >= 0.3 is 0 Å². The average Bonchev–Trinajstić information content (AvgIpc) is 2.57. The van der Waals surface area contributed by atoms with Gasteiger partial charge in [0, 0.05) is 5.88 Å². The molecule has 3 heteroatoms. The minimum atomic E-state index is 0.755. The minimum absolute atomic E-state index is 0.755. The van der Waals surface area contributed by atoms with Crippen molar-refractivity contribution in [3.63, 3.8) is 0 Å². The summed E-state index contributed by atoms with van der Waals surface area (Å²) in [6.07, 6.45) is 2.19. The highest BCUT2D eigenvalue weighted by molar-refractivity contribution is 7.07. The Morgan fingerprint density at radius 3 is 3.00 bits per heavy atom. The van der Waals surface area contributed by atoms with Crippen LogP contribution in [0.1, 0.15) is 12.0 Å². The molecule has 12 heavy (non-hydrogen) atoms. The van der Waals surface area contributed by atoms with Crippen LogP contribution in [0.15, 0.2) is 16.8 Å². The second kappa shape index (κ2) is 6.46. The van der Waals surface area contributed by atoms with Crippen molar-refractivity contribution in [2.45, 2.75) is 12.8 Å². The van der Waals surface area contributed by atoms with Crippen LogP contribution in [0.4, 0.5) is 0 Å². The molecule has 0 radical (unpaired) electrons. The van der Waals surface area contributed by atoms with Crippen LogP contribution in [-0.4, -0.2) is 19.0 Å². The van der Waals surface area contributed by atoms with E-state index in [4.69, 9.17) is 11.6 Å².